The Morgan fingerprint density at radius 3 is 2.64 bits per heavy atom. The molecule has 2 aromatic heterocycles. The summed E-state index contributed by atoms with van der Waals surface area (Å²) in [6.07, 6.45) is 1.65. The molecule has 0 aliphatic rings. The standard InChI is InChI=1S/C27H26N6O2S/c1-5-29-23-14-30-21-13-22(36-26(21)33-23)25(35)32-20-12-19(10-9-16(20)2)31-24(34)17-7-6-8-18(11-17)27(3,4)15-28/h6-14H,5H2,1-4H3,(H,29,33)(H,31,34)(H,32,35). The Morgan fingerprint density at radius 1 is 1.08 bits per heavy atom. The van der Waals surface area contributed by atoms with Crippen molar-refractivity contribution < 1.29 is 9.59 Å². The number of nitrogens with zero attached hydrogens (tertiary/aromatic N) is 3. The van der Waals surface area contributed by atoms with Crippen molar-refractivity contribution >= 4 is 50.7 Å². The Morgan fingerprint density at radius 2 is 1.89 bits per heavy atom. The Balaban J connectivity index is 1.51. The van der Waals surface area contributed by atoms with Crippen molar-refractivity contribution in [2.45, 2.75) is 33.1 Å². The van der Waals surface area contributed by atoms with Gasteiger partial charge in [-0.2, -0.15) is 5.26 Å². The summed E-state index contributed by atoms with van der Waals surface area (Å²) in [6.45, 7) is 8.20. The SMILES string of the molecule is CCNc1cnc2cc(C(=O)Nc3cc(NC(=O)c4cccc(C(C)(C)C#N)c4)ccc3C)sc2n1. The second-order valence-corrected chi connectivity index (χ2v) is 9.87. The van der Waals surface area contributed by atoms with E-state index in [1.54, 1.807) is 42.6 Å². The van der Waals surface area contributed by atoms with Gasteiger partial charge in [-0.05, 0) is 69.2 Å². The fourth-order valence-corrected chi connectivity index (χ4v) is 4.41. The molecule has 8 nitrogen and oxygen atoms in total. The molecule has 0 aliphatic heterocycles. The largest absolute Gasteiger partial charge is 0.369 e. The molecule has 0 saturated carbocycles. The number of thiophene rings is 1. The molecule has 0 fully saturated rings. The first-order chi connectivity index (χ1) is 17.2. The first kappa shape index (κ1) is 24.8. The van der Waals surface area contributed by atoms with Crippen molar-refractivity contribution in [3.05, 3.63) is 76.3 Å². The third-order valence-electron chi connectivity index (χ3n) is 5.69. The van der Waals surface area contributed by atoms with Crippen molar-refractivity contribution in [2.24, 2.45) is 0 Å². The van der Waals surface area contributed by atoms with E-state index in [0.29, 0.717) is 38.0 Å². The number of rotatable bonds is 7. The van der Waals surface area contributed by atoms with Crippen LogP contribution in [0.15, 0.2) is 54.7 Å². The van der Waals surface area contributed by atoms with Gasteiger partial charge in [0.2, 0.25) is 0 Å². The second kappa shape index (κ2) is 10.1. The smallest absolute Gasteiger partial charge is 0.265 e. The number of nitriles is 1. The quantitative estimate of drug-likeness (QED) is 0.299. The van der Waals surface area contributed by atoms with E-state index in [2.05, 4.69) is 32.0 Å². The monoisotopic (exact) mass is 498 g/mol. The molecule has 0 unspecified atom stereocenters. The highest BCUT2D eigenvalue weighted by atomic mass is 32.1. The summed E-state index contributed by atoms with van der Waals surface area (Å²) in [7, 11) is 0. The number of hydrogen-bond donors (Lipinski definition) is 3. The fourth-order valence-electron chi connectivity index (χ4n) is 3.53. The van der Waals surface area contributed by atoms with Crippen LogP contribution >= 0.6 is 11.3 Å². The lowest BCUT2D eigenvalue weighted by molar-refractivity contribution is 0.102. The Bertz CT molecular complexity index is 1500. The van der Waals surface area contributed by atoms with Crippen LogP contribution in [0.3, 0.4) is 0 Å². The molecule has 0 bridgehead atoms. The topological polar surface area (TPSA) is 120 Å². The van der Waals surface area contributed by atoms with Gasteiger partial charge in [0.05, 0.1) is 22.6 Å². The molecular weight excluding hydrogens is 472 g/mol. The highest BCUT2D eigenvalue weighted by molar-refractivity contribution is 7.20. The molecule has 36 heavy (non-hydrogen) atoms. The van der Waals surface area contributed by atoms with Crippen LogP contribution in [0.5, 0.6) is 0 Å². The molecule has 182 valence electrons. The van der Waals surface area contributed by atoms with Gasteiger partial charge >= 0.3 is 0 Å². The molecule has 0 atom stereocenters. The van der Waals surface area contributed by atoms with Crippen molar-refractivity contribution in [2.75, 3.05) is 22.5 Å². The lowest BCUT2D eigenvalue weighted by Crippen LogP contribution is -2.17. The van der Waals surface area contributed by atoms with E-state index in [0.717, 1.165) is 17.7 Å². The predicted molar refractivity (Wildman–Crippen MR) is 144 cm³/mol. The van der Waals surface area contributed by atoms with Crippen LogP contribution in [-0.4, -0.2) is 28.3 Å². The van der Waals surface area contributed by atoms with Crippen molar-refractivity contribution in [1.82, 2.24) is 9.97 Å². The Labute approximate surface area is 213 Å². The van der Waals surface area contributed by atoms with Gasteiger partial charge in [0.1, 0.15) is 16.2 Å². The van der Waals surface area contributed by atoms with Crippen LogP contribution in [0.4, 0.5) is 17.2 Å². The van der Waals surface area contributed by atoms with Gasteiger partial charge in [0, 0.05) is 23.5 Å². The summed E-state index contributed by atoms with van der Waals surface area (Å²) < 4.78 is 0. The minimum Gasteiger partial charge on any atom is -0.369 e. The van der Waals surface area contributed by atoms with E-state index in [-0.39, 0.29) is 11.8 Å². The molecule has 0 spiro atoms. The van der Waals surface area contributed by atoms with E-state index in [1.807, 2.05) is 39.8 Å². The third kappa shape index (κ3) is 5.34. The van der Waals surface area contributed by atoms with Gasteiger partial charge in [-0.1, -0.05) is 18.2 Å². The van der Waals surface area contributed by atoms with Crippen LogP contribution in [0.25, 0.3) is 10.3 Å². The second-order valence-electron chi connectivity index (χ2n) is 8.84. The van der Waals surface area contributed by atoms with E-state index in [4.69, 9.17) is 0 Å². The number of amides is 2. The lowest BCUT2D eigenvalue weighted by Gasteiger charge is -2.16. The summed E-state index contributed by atoms with van der Waals surface area (Å²) in [4.78, 5) is 35.9. The first-order valence-electron chi connectivity index (χ1n) is 11.5. The molecule has 4 rings (SSSR count). The number of hydrogen-bond acceptors (Lipinski definition) is 7. The zero-order chi connectivity index (χ0) is 25.9. The molecule has 2 heterocycles. The van der Waals surface area contributed by atoms with Crippen LogP contribution in [0.1, 0.15) is 51.9 Å². The fraction of sp³-hybridized carbons (Fsp3) is 0.222. The van der Waals surface area contributed by atoms with E-state index in [1.165, 1.54) is 11.3 Å². The van der Waals surface area contributed by atoms with Crippen molar-refractivity contribution in [1.29, 1.82) is 5.26 Å². The molecule has 2 amide bonds. The number of aromatic nitrogens is 2. The maximum Gasteiger partial charge on any atom is 0.265 e. The molecule has 0 radical (unpaired) electrons. The van der Waals surface area contributed by atoms with E-state index in [9.17, 15) is 14.9 Å². The number of carbonyl (C=O) groups excluding carboxylic acids is 2. The molecular formula is C27H26N6O2S. The summed E-state index contributed by atoms with van der Waals surface area (Å²) in [6, 6.07) is 16.3. The minimum atomic E-state index is -0.705. The zero-order valence-electron chi connectivity index (χ0n) is 20.5. The number of anilines is 3. The molecule has 0 aliphatic carbocycles. The highest BCUT2D eigenvalue weighted by Gasteiger charge is 2.21. The van der Waals surface area contributed by atoms with Gasteiger partial charge in [-0.3, -0.25) is 9.59 Å². The van der Waals surface area contributed by atoms with Gasteiger partial charge < -0.3 is 16.0 Å². The lowest BCUT2D eigenvalue weighted by atomic mass is 9.85. The number of benzene rings is 2. The minimum absolute atomic E-state index is 0.275. The average molecular weight is 499 g/mol. The number of carbonyl (C=O) groups is 2. The molecule has 9 heteroatoms. The number of nitrogens with one attached hydrogen (secondary N) is 3. The Kier molecular flexibility index (Phi) is 6.99. The molecule has 0 saturated heterocycles. The van der Waals surface area contributed by atoms with Crippen LogP contribution in [0.2, 0.25) is 0 Å². The number of aryl methyl sites for hydroxylation is 1. The molecule has 2 aromatic carbocycles. The predicted octanol–water partition coefficient (Wildman–Crippen LogP) is 5.74. The normalized spacial score (nSPS) is 11.1. The van der Waals surface area contributed by atoms with Crippen LogP contribution in [0, 0.1) is 18.3 Å². The van der Waals surface area contributed by atoms with E-state index >= 15 is 0 Å². The average Bonchev–Trinajstić information content (AvgIpc) is 3.30. The van der Waals surface area contributed by atoms with Gasteiger partial charge in [-0.25, -0.2) is 9.97 Å². The maximum atomic E-state index is 13.0. The summed E-state index contributed by atoms with van der Waals surface area (Å²) in [5.41, 5.74) is 3.15. The van der Waals surface area contributed by atoms with Crippen LogP contribution in [-0.2, 0) is 5.41 Å². The zero-order valence-corrected chi connectivity index (χ0v) is 21.3. The van der Waals surface area contributed by atoms with Crippen molar-refractivity contribution in [3.8, 4) is 6.07 Å². The van der Waals surface area contributed by atoms with Crippen molar-refractivity contribution in [3.63, 3.8) is 0 Å². The Hall–Kier alpha value is -4.29. The van der Waals surface area contributed by atoms with Gasteiger partial charge in [0.15, 0.2) is 0 Å². The molecule has 4 aromatic rings. The van der Waals surface area contributed by atoms with Crippen LogP contribution < -0.4 is 16.0 Å². The first-order valence-corrected chi connectivity index (χ1v) is 12.3. The van der Waals surface area contributed by atoms with Gasteiger partial charge in [0.25, 0.3) is 11.8 Å². The summed E-state index contributed by atoms with van der Waals surface area (Å²) in [5, 5.41) is 18.3. The third-order valence-corrected chi connectivity index (χ3v) is 6.71. The van der Waals surface area contributed by atoms with Gasteiger partial charge in [-0.15, -0.1) is 11.3 Å². The molecule has 3 N–H and O–H groups in total. The summed E-state index contributed by atoms with van der Waals surface area (Å²) in [5.74, 6) is 0.0903. The maximum absolute atomic E-state index is 13.0. The van der Waals surface area contributed by atoms with E-state index < -0.39 is 5.41 Å². The number of fused-ring (bicyclic) bond motifs is 1. The highest BCUT2D eigenvalue weighted by Crippen LogP contribution is 2.27. The summed E-state index contributed by atoms with van der Waals surface area (Å²) >= 11 is 1.27.